The molecule has 3 heteroatoms. The van der Waals surface area contributed by atoms with Crippen molar-refractivity contribution in [3.8, 4) is 11.5 Å². The molecule has 0 aromatic heterocycles. The average molecular weight is 401 g/mol. The SMILES string of the molecule is CCN(Cc1ccccc1)C1CCN(Cc2cccc(Oc3ccccc3)c2)CC1. The summed E-state index contributed by atoms with van der Waals surface area (Å²) in [5, 5.41) is 0. The maximum absolute atomic E-state index is 6.00. The third kappa shape index (κ3) is 5.71. The van der Waals surface area contributed by atoms with Crippen molar-refractivity contribution in [1.82, 2.24) is 9.80 Å². The Morgan fingerprint density at radius 1 is 0.800 bits per heavy atom. The van der Waals surface area contributed by atoms with Crippen molar-refractivity contribution in [1.29, 1.82) is 0 Å². The van der Waals surface area contributed by atoms with Gasteiger partial charge in [-0.15, -0.1) is 0 Å². The molecule has 0 N–H and O–H groups in total. The second kappa shape index (κ2) is 10.4. The maximum Gasteiger partial charge on any atom is 0.127 e. The first-order valence-electron chi connectivity index (χ1n) is 11.1. The van der Waals surface area contributed by atoms with Gasteiger partial charge in [0, 0.05) is 19.1 Å². The largest absolute Gasteiger partial charge is 0.457 e. The minimum Gasteiger partial charge on any atom is -0.457 e. The fraction of sp³-hybridized carbons (Fsp3) is 0.333. The summed E-state index contributed by atoms with van der Waals surface area (Å²) < 4.78 is 6.00. The molecule has 30 heavy (non-hydrogen) atoms. The van der Waals surface area contributed by atoms with Gasteiger partial charge in [-0.3, -0.25) is 9.80 Å². The van der Waals surface area contributed by atoms with Crippen molar-refractivity contribution in [3.63, 3.8) is 0 Å². The average Bonchev–Trinajstić information content (AvgIpc) is 2.80. The zero-order valence-corrected chi connectivity index (χ0v) is 17.9. The number of rotatable bonds is 8. The zero-order chi connectivity index (χ0) is 20.6. The molecule has 0 saturated carbocycles. The number of likely N-dealkylation sites (tertiary alicyclic amines) is 1. The lowest BCUT2D eigenvalue weighted by Crippen LogP contribution is -2.44. The van der Waals surface area contributed by atoms with Gasteiger partial charge in [0.05, 0.1) is 0 Å². The van der Waals surface area contributed by atoms with Gasteiger partial charge in [-0.05, 0) is 67.9 Å². The van der Waals surface area contributed by atoms with Gasteiger partial charge in [-0.25, -0.2) is 0 Å². The molecule has 3 aromatic carbocycles. The van der Waals surface area contributed by atoms with Gasteiger partial charge in [0.25, 0.3) is 0 Å². The Bertz CT molecular complexity index is 889. The molecule has 4 rings (SSSR count). The predicted octanol–water partition coefficient (Wildman–Crippen LogP) is 5.97. The minimum atomic E-state index is 0.680. The van der Waals surface area contributed by atoms with E-state index in [1.807, 2.05) is 36.4 Å². The topological polar surface area (TPSA) is 15.7 Å². The fourth-order valence-electron chi connectivity index (χ4n) is 4.35. The van der Waals surface area contributed by atoms with Crippen LogP contribution in [0.25, 0.3) is 0 Å². The molecule has 0 spiro atoms. The first-order valence-corrected chi connectivity index (χ1v) is 11.1. The van der Waals surface area contributed by atoms with E-state index in [9.17, 15) is 0 Å². The molecule has 0 aliphatic carbocycles. The second-order valence-corrected chi connectivity index (χ2v) is 8.12. The minimum absolute atomic E-state index is 0.680. The molecule has 0 radical (unpaired) electrons. The molecule has 156 valence electrons. The van der Waals surface area contributed by atoms with Crippen LogP contribution in [-0.4, -0.2) is 35.5 Å². The molecule has 0 amide bonds. The summed E-state index contributed by atoms with van der Waals surface area (Å²) in [6, 6.07) is 30.0. The highest BCUT2D eigenvalue weighted by molar-refractivity contribution is 5.33. The van der Waals surface area contributed by atoms with Crippen LogP contribution in [0.2, 0.25) is 0 Å². The lowest BCUT2D eigenvalue weighted by molar-refractivity contribution is 0.103. The van der Waals surface area contributed by atoms with E-state index < -0.39 is 0 Å². The number of hydrogen-bond acceptors (Lipinski definition) is 3. The number of benzene rings is 3. The smallest absolute Gasteiger partial charge is 0.127 e. The van der Waals surface area contributed by atoms with Crippen molar-refractivity contribution < 1.29 is 4.74 Å². The van der Waals surface area contributed by atoms with Crippen LogP contribution in [0.4, 0.5) is 0 Å². The van der Waals surface area contributed by atoms with Gasteiger partial charge < -0.3 is 4.74 Å². The van der Waals surface area contributed by atoms with E-state index in [4.69, 9.17) is 4.74 Å². The zero-order valence-electron chi connectivity index (χ0n) is 17.9. The van der Waals surface area contributed by atoms with E-state index in [0.717, 1.165) is 44.2 Å². The van der Waals surface area contributed by atoms with Gasteiger partial charge in [0.15, 0.2) is 0 Å². The normalized spacial score (nSPS) is 15.4. The summed E-state index contributed by atoms with van der Waals surface area (Å²) >= 11 is 0. The number of ether oxygens (including phenoxy) is 1. The molecule has 1 heterocycles. The molecule has 1 aliphatic rings. The first kappa shape index (κ1) is 20.6. The maximum atomic E-state index is 6.00. The lowest BCUT2D eigenvalue weighted by Gasteiger charge is -2.38. The molecular weight excluding hydrogens is 368 g/mol. The standard InChI is InChI=1S/C27H32N2O/c1-2-29(22-23-10-5-3-6-11-23)25-16-18-28(19-17-25)21-24-12-9-15-27(20-24)30-26-13-7-4-8-14-26/h3-15,20,25H,2,16-19,21-22H2,1H3. The highest BCUT2D eigenvalue weighted by atomic mass is 16.5. The number of nitrogens with zero attached hydrogens (tertiary/aromatic N) is 2. The molecule has 0 atom stereocenters. The summed E-state index contributed by atoms with van der Waals surface area (Å²) in [4.78, 5) is 5.22. The van der Waals surface area contributed by atoms with Gasteiger partial charge in [-0.2, -0.15) is 0 Å². The molecule has 1 saturated heterocycles. The van der Waals surface area contributed by atoms with Gasteiger partial charge >= 0.3 is 0 Å². The van der Waals surface area contributed by atoms with Gasteiger partial charge in [-0.1, -0.05) is 67.6 Å². The Balaban J connectivity index is 1.30. The Morgan fingerprint density at radius 2 is 1.43 bits per heavy atom. The highest BCUT2D eigenvalue weighted by Gasteiger charge is 2.23. The second-order valence-electron chi connectivity index (χ2n) is 8.12. The molecule has 1 aliphatic heterocycles. The van der Waals surface area contributed by atoms with E-state index in [1.165, 1.54) is 24.0 Å². The Morgan fingerprint density at radius 3 is 2.13 bits per heavy atom. The van der Waals surface area contributed by atoms with E-state index >= 15 is 0 Å². The molecule has 0 unspecified atom stereocenters. The quantitative estimate of drug-likeness (QED) is 0.464. The Hall–Kier alpha value is -2.62. The van der Waals surface area contributed by atoms with E-state index in [0.29, 0.717) is 6.04 Å². The molecular formula is C27H32N2O. The number of para-hydroxylation sites is 1. The van der Waals surface area contributed by atoms with Gasteiger partial charge in [0.2, 0.25) is 0 Å². The first-order chi connectivity index (χ1) is 14.8. The lowest BCUT2D eigenvalue weighted by atomic mass is 10.0. The van der Waals surface area contributed by atoms with Crippen LogP contribution in [-0.2, 0) is 13.1 Å². The van der Waals surface area contributed by atoms with Crippen molar-refractivity contribution >= 4 is 0 Å². The fourth-order valence-corrected chi connectivity index (χ4v) is 4.35. The third-order valence-corrected chi connectivity index (χ3v) is 5.99. The molecule has 3 nitrogen and oxygen atoms in total. The molecule has 3 aromatic rings. The van der Waals surface area contributed by atoms with Crippen molar-refractivity contribution in [2.45, 2.75) is 38.9 Å². The van der Waals surface area contributed by atoms with Crippen LogP contribution < -0.4 is 4.74 Å². The number of piperidine rings is 1. The van der Waals surface area contributed by atoms with Crippen molar-refractivity contribution in [2.75, 3.05) is 19.6 Å². The monoisotopic (exact) mass is 400 g/mol. The van der Waals surface area contributed by atoms with Gasteiger partial charge in [0.1, 0.15) is 11.5 Å². The van der Waals surface area contributed by atoms with Crippen molar-refractivity contribution in [2.24, 2.45) is 0 Å². The summed E-state index contributed by atoms with van der Waals surface area (Å²) in [6.07, 6.45) is 2.47. The van der Waals surface area contributed by atoms with Crippen LogP contribution >= 0.6 is 0 Å². The summed E-state index contributed by atoms with van der Waals surface area (Å²) in [6.45, 7) is 7.75. The summed E-state index contributed by atoms with van der Waals surface area (Å²) in [7, 11) is 0. The number of hydrogen-bond donors (Lipinski definition) is 0. The molecule has 1 fully saturated rings. The Labute approximate surface area is 180 Å². The van der Waals surface area contributed by atoms with Crippen LogP contribution in [0.3, 0.4) is 0 Å². The van der Waals surface area contributed by atoms with Crippen molar-refractivity contribution in [3.05, 3.63) is 96.1 Å². The van der Waals surface area contributed by atoms with E-state index in [1.54, 1.807) is 0 Å². The predicted molar refractivity (Wildman–Crippen MR) is 124 cm³/mol. The summed E-state index contributed by atoms with van der Waals surface area (Å²) in [5.41, 5.74) is 2.73. The molecule has 0 bridgehead atoms. The van der Waals surface area contributed by atoms with E-state index in [2.05, 4.69) is 65.3 Å². The third-order valence-electron chi connectivity index (χ3n) is 5.99. The van der Waals surface area contributed by atoms with Crippen LogP contribution in [0.1, 0.15) is 30.9 Å². The Kier molecular flexibility index (Phi) is 7.17. The van der Waals surface area contributed by atoms with Crippen LogP contribution in [0.15, 0.2) is 84.9 Å². The summed E-state index contributed by atoms with van der Waals surface area (Å²) in [5.74, 6) is 1.79. The van der Waals surface area contributed by atoms with E-state index in [-0.39, 0.29) is 0 Å². The van der Waals surface area contributed by atoms with Crippen LogP contribution in [0, 0.1) is 0 Å². The highest BCUT2D eigenvalue weighted by Crippen LogP contribution is 2.24. The van der Waals surface area contributed by atoms with Crippen LogP contribution in [0.5, 0.6) is 11.5 Å².